The van der Waals surface area contributed by atoms with Gasteiger partial charge in [-0.05, 0) is 25.2 Å². The quantitative estimate of drug-likeness (QED) is 0.685. The summed E-state index contributed by atoms with van der Waals surface area (Å²) in [4.78, 5) is 12.9. The Bertz CT molecular complexity index is 246. The number of nitrogens with zero attached hydrogens (tertiary/aromatic N) is 1. The summed E-state index contributed by atoms with van der Waals surface area (Å²) in [6.45, 7) is 5.25. The molecule has 5 nitrogen and oxygen atoms in total. The third-order valence-electron chi connectivity index (χ3n) is 3.69. The van der Waals surface area contributed by atoms with Crippen LogP contribution in [0.4, 0.5) is 0 Å². The fraction of sp³-hybridized carbons (Fsp3) is 0.917. The predicted molar refractivity (Wildman–Crippen MR) is 65.6 cm³/mol. The molecule has 0 aliphatic carbocycles. The third-order valence-corrected chi connectivity index (χ3v) is 3.69. The van der Waals surface area contributed by atoms with Crippen molar-refractivity contribution in [2.75, 3.05) is 39.4 Å². The van der Waals surface area contributed by atoms with Gasteiger partial charge in [0.25, 0.3) is 0 Å². The molecule has 2 fully saturated rings. The van der Waals surface area contributed by atoms with E-state index < -0.39 is 0 Å². The summed E-state index contributed by atoms with van der Waals surface area (Å²) in [5.41, 5.74) is 5.19. The molecule has 2 saturated heterocycles. The highest BCUT2D eigenvalue weighted by molar-refractivity contribution is 5.75. The monoisotopic (exact) mass is 241 g/mol. The van der Waals surface area contributed by atoms with Crippen LogP contribution in [0, 0.1) is 5.92 Å². The standard InChI is InChI=1S/C12H23N3O2/c13-12(16)8-15-4-1-11(2-5-15)14-7-10-3-6-17-9-10/h10-11,14H,1-9H2,(H2,13,16). The highest BCUT2D eigenvalue weighted by Gasteiger charge is 2.21. The highest BCUT2D eigenvalue weighted by Crippen LogP contribution is 2.14. The number of nitrogens with two attached hydrogens (primary N) is 1. The molecule has 0 saturated carbocycles. The molecule has 1 unspecified atom stereocenters. The minimum atomic E-state index is -0.223. The maximum atomic E-state index is 10.8. The highest BCUT2D eigenvalue weighted by atomic mass is 16.5. The third kappa shape index (κ3) is 4.26. The lowest BCUT2D eigenvalue weighted by molar-refractivity contribution is -0.119. The molecule has 17 heavy (non-hydrogen) atoms. The van der Waals surface area contributed by atoms with E-state index in [2.05, 4.69) is 10.2 Å². The number of ether oxygens (including phenoxy) is 1. The number of hydrogen-bond acceptors (Lipinski definition) is 4. The van der Waals surface area contributed by atoms with Crippen LogP contribution >= 0.6 is 0 Å². The van der Waals surface area contributed by atoms with Crippen molar-refractivity contribution in [1.82, 2.24) is 10.2 Å². The first-order valence-electron chi connectivity index (χ1n) is 6.56. The fourth-order valence-corrected chi connectivity index (χ4v) is 2.59. The Balaban J connectivity index is 1.60. The Kier molecular flexibility index (Phi) is 4.76. The van der Waals surface area contributed by atoms with E-state index in [1.165, 1.54) is 6.42 Å². The van der Waals surface area contributed by atoms with Crippen LogP contribution in [0.15, 0.2) is 0 Å². The van der Waals surface area contributed by atoms with Crippen molar-refractivity contribution in [3.05, 3.63) is 0 Å². The van der Waals surface area contributed by atoms with Gasteiger partial charge < -0.3 is 15.8 Å². The van der Waals surface area contributed by atoms with E-state index >= 15 is 0 Å². The summed E-state index contributed by atoms with van der Waals surface area (Å²) >= 11 is 0. The minimum Gasteiger partial charge on any atom is -0.381 e. The molecule has 1 amide bonds. The first-order valence-corrected chi connectivity index (χ1v) is 6.56. The molecular weight excluding hydrogens is 218 g/mol. The van der Waals surface area contributed by atoms with E-state index in [0.29, 0.717) is 18.5 Å². The maximum absolute atomic E-state index is 10.8. The fourth-order valence-electron chi connectivity index (χ4n) is 2.59. The van der Waals surface area contributed by atoms with E-state index in [-0.39, 0.29) is 5.91 Å². The Morgan fingerprint density at radius 3 is 2.71 bits per heavy atom. The molecule has 0 spiro atoms. The van der Waals surface area contributed by atoms with Gasteiger partial charge in [0, 0.05) is 32.3 Å². The number of carbonyl (C=O) groups excluding carboxylic acids is 1. The van der Waals surface area contributed by atoms with Gasteiger partial charge in [-0.25, -0.2) is 0 Å². The van der Waals surface area contributed by atoms with Gasteiger partial charge in [0.05, 0.1) is 13.2 Å². The summed E-state index contributed by atoms with van der Waals surface area (Å²) in [5.74, 6) is 0.471. The van der Waals surface area contributed by atoms with Crippen molar-refractivity contribution in [1.29, 1.82) is 0 Å². The molecule has 2 aliphatic heterocycles. The average Bonchev–Trinajstić information content (AvgIpc) is 2.80. The van der Waals surface area contributed by atoms with Gasteiger partial charge in [0.1, 0.15) is 0 Å². The summed E-state index contributed by atoms with van der Waals surface area (Å²) in [6, 6.07) is 0.597. The molecule has 98 valence electrons. The van der Waals surface area contributed by atoms with Gasteiger partial charge in [-0.2, -0.15) is 0 Å². The first kappa shape index (κ1) is 12.8. The van der Waals surface area contributed by atoms with Crippen LogP contribution in [-0.4, -0.2) is 56.2 Å². The maximum Gasteiger partial charge on any atom is 0.231 e. The lowest BCUT2D eigenvalue weighted by Crippen LogP contribution is -2.46. The molecule has 2 heterocycles. The van der Waals surface area contributed by atoms with Crippen LogP contribution in [0.2, 0.25) is 0 Å². The predicted octanol–water partition coefficient (Wildman–Crippen LogP) is -0.438. The molecule has 0 aromatic rings. The molecule has 0 aromatic heterocycles. The normalized spacial score (nSPS) is 27.4. The smallest absolute Gasteiger partial charge is 0.231 e. The van der Waals surface area contributed by atoms with Crippen molar-refractivity contribution in [2.45, 2.75) is 25.3 Å². The van der Waals surface area contributed by atoms with Crippen molar-refractivity contribution < 1.29 is 9.53 Å². The second-order valence-electron chi connectivity index (χ2n) is 5.15. The molecule has 2 aliphatic rings. The Morgan fingerprint density at radius 2 is 2.12 bits per heavy atom. The van der Waals surface area contributed by atoms with E-state index in [1.54, 1.807) is 0 Å². The van der Waals surface area contributed by atoms with E-state index in [9.17, 15) is 4.79 Å². The number of amides is 1. The zero-order chi connectivity index (χ0) is 12.1. The van der Waals surface area contributed by atoms with Crippen LogP contribution < -0.4 is 11.1 Å². The minimum absolute atomic E-state index is 0.223. The number of piperidine rings is 1. The van der Waals surface area contributed by atoms with Crippen molar-refractivity contribution in [3.63, 3.8) is 0 Å². The molecule has 0 aromatic carbocycles. The molecule has 1 atom stereocenters. The number of carbonyl (C=O) groups is 1. The second-order valence-corrected chi connectivity index (χ2v) is 5.15. The van der Waals surface area contributed by atoms with Crippen molar-refractivity contribution in [3.8, 4) is 0 Å². The van der Waals surface area contributed by atoms with Crippen LogP contribution in [0.1, 0.15) is 19.3 Å². The van der Waals surface area contributed by atoms with Gasteiger partial charge in [-0.15, -0.1) is 0 Å². The number of primary amides is 1. The largest absolute Gasteiger partial charge is 0.381 e. The summed E-state index contributed by atoms with van der Waals surface area (Å²) in [7, 11) is 0. The van der Waals surface area contributed by atoms with E-state index in [0.717, 1.165) is 45.7 Å². The molecule has 2 rings (SSSR count). The summed E-state index contributed by atoms with van der Waals surface area (Å²) < 4.78 is 5.36. The van der Waals surface area contributed by atoms with Crippen LogP contribution in [-0.2, 0) is 9.53 Å². The van der Waals surface area contributed by atoms with E-state index in [1.807, 2.05) is 0 Å². The molecular formula is C12H23N3O2. The lowest BCUT2D eigenvalue weighted by Gasteiger charge is -2.32. The summed E-state index contributed by atoms with van der Waals surface area (Å²) in [5, 5.41) is 3.61. The zero-order valence-electron chi connectivity index (χ0n) is 10.4. The van der Waals surface area contributed by atoms with Crippen molar-refractivity contribution >= 4 is 5.91 Å². The topological polar surface area (TPSA) is 67.6 Å². The van der Waals surface area contributed by atoms with Crippen LogP contribution in [0.3, 0.4) is 0 Å². The number of nitrogens with one attached hydrogen (secondary N) is 1. The molecule has 3 N–H and O–H groups in total. The van der Waals surface area contributed by atoms with Gasteiger partial charge in [-0.3, -0.25) is 9.69 Å². The van der Waals surface area contributed by atoms with Gasteiger partial charge in [0.2, 0.25) is 5.91 Å². The van der Waals surface area contributed by atoms with Gasteiger partial charge in [0.15, 0.2) is 0 Å². The molecule has 0 bridgehead atoms. The molecule has 5 heteroatoms. The Labute approximate surface area is 103 Å². The second kappa shape index (κ2) is 6.33. The van der Waals surface area contributed by atoms with Crippen LogP contribution in [0.25, 0.3) is 0 Å². The summed E-state index contributed by atoms with van der Waals surface area (Å²) in [6.07, 6.45) is 3.41. The first-order chi connectivity index (χ1) is 8.24. The number of hydrogen-bond donors (Lipinski definition) is 2. The number of rotatable bonds is 5. The SMILES string of the molecule is NC(=O)CN1CCC(NCC2CCOC2)CC1. The Hall–Kier alpha value is -0.650. The van der Waals surface area contributed by atoms with Gasteiger partial charge >= 0.3 is 0 Å². The van der Waals surface area contributed by atoms with Gasteiger partial charge in [-0.1, -0.05) is 0 Å². The average molecular weight is 241 g/mol. The Morgan fingerprint density at radius 1 is 1.35 bits per heavy atom. The number of likely N-dealkylation sites (tertiary alicyclic amines) is 1. The van der Waals surface area contributed by atoms with Crippen molar-refractivity contribution in [2.24, 2.45) is 11.7 Å². The zero-order valence-corrected chi connectivity index (χ0v) is 10.4. The van der Waals surface area contributed by atoms with E-state index in [4.69, 9.17) is 10.5 Å². The lowest BCUT2D eigenvalue weighted by atomic mass is 10.0. The molecule has 0 radical (unpaired) electrons. The van der Waals surface area contributed by atoms with Crippen LogP contribution in [0.5, 0.6) is 0 Å².